The van der Waals surface area contributed by atoms with Gasteiger partial charge in [0.25, 0.3) is 5.91 Å². The number of nitrogen functional groups attached to an aromatic ring is 1. The maximum absolute atomic E-state index is 13.6. The molecule has 6 nitrogen and oxygen atoms in total. The summed E-state index contributed by atoms with van der Waals surface area (Å²) in [5, 5.41) is 5.34. The van der Waals surface area contributed by atoms with Crippen molar-refractivity contribution in [3.05, 3.63) is 23.5 Å². The molecule has 0 aliphatic heterocycles. The SMILES string of the molecule is CCNC(=O)CCNc1cc(C(N)=O)c(N)cc1F. The van der Waals surface area contributed by atoms with Crippen molar-refractivity contribution in [1.29, 1.82) is 0 Å². The van der Waals surface area contributed by atoms with Crippen molar-refractivity contribution in [3.8, 4) is 0 Å². The Hall–Kier alpha value is -2.31. The molecule has 0 bridgehead atoms. The van der Waals surface area contributed by atoms with Gasteiger partial charge in [-0.05, 0) is 19.1 Å². The van der Waals surface area contributed by atoms with Crippen LogP contribution in [0.2, 0.25) is 0 Å². The summed E-state index contributed by atoms with van der Waals surface area (Å²) in [7, 11) is 0. The molecule has 1 aromatic rings. The third kappa shape index (κ3) is 4.13. The summed E-state index contributed by atoms with van der Waals surface area (Å²) < 4.78 is 13.6. The first-order valence-electron chi connectivity index (χ1n) is 5.85. The third-order valence-corrected chi connectivity index (χ3v) is 2.45. The largest absolute Gasteiger partial charge is 0.398 e. The zero-order valence-electron chi connectivity index (χ0n) is 10.6. The Labute approximate surface area is 110 Å². The van der Waals surface area contributed by atoms with Crippen molar-refractivity contribution >= 4 is 23.2 Å². The smallest absolute Gasteiger partial charge is 0.250 e. The highest BCUT2D eigenvalue weighted by atomic mass is 19.1. The molecule has 0 saturated carbocycles. The first kappa shape index (κ1) is 14.7. The van der Waals surface area contributed by atoms with Crippen molar-refractivity contribution in [2.45, 2.75) is 13.3 Å². The summed E-state index contributed by atoms with van der Waals surface area (Å²) in [5.41, 5.74) is 10.7. The van der Waals surface area contributed by atoms with Crippen LogP contribution in [-0.2, 0) is 4.79 Å². The molecule has 104 valence electrons. The van der Waals surface area contributed by atoms with Crippen LogP contribution in [0, 0.1) is 5.82 Å². The fraction of sp³-hybridized carbons (Fsp3) is 0.333. The molecule has 0 aromatic heterocycles. The quantitative estimate of drug-likeness (QED) is 0.561. The minimum atomic E-state index is -0.732. The van der Waals surface area contributed by atoms with Crippen molar-refractivity contribution < 1.29 is 14.0 Å². The van der Waals surface area contributed by atoms with E-state index in [-0.39, 0.29) is 35.8 Å². The molecule has 0 heterocycles. The summed E-state index contributed by atoms with van der Waals surface area (Å²) in [6.45, 7) is 2.59. The van der Waals surface area contributed by atoms with Crippen molar-refractivity contribution in [2.75, 3.05) is 24.1 Å². The van der Waals surface area contributed by atoms with Gasteiger partial charge in [0.05, 0.1) is 11.3 Å². The third-order valence-electron chi connectivity index (χ3n) is 2.45. The van der Waals surface area contributed by atoms with Gasteiger partial charge in [0.15, 0.2) is 0 Å². The Balaban J connectivity index is 2.70. The zero-order chi connectivity index (χ0) is 14.4. The molecule has 7 heteroatoms. The number of halogens is 1. The second-order valence-electron chi connectivity index (χ2n) is 3.91. The standard InChI is InChI=1S/C12H17FN4O2/c1-2-16-11(18)3-4-17-10-5-7(12(15)19)9(14)6-8(10)13/h5-6,17H,2-4,14H2,1H3,(H2,15,19)(H,16,18). The summed E-state index contributed by atoms with van der Waals surface area (Å²) in [6.07, 6.45) is 0.198. The monoisotopic (exact) mass is 268 g/mol. The predicted molar refractivity (Wildman–Crippen MR) is 71.1 cm³/mol. The number of rotatable bonds is 6. The Morgan fingerprint density at radius 2 is 2.05 bits per heavy atom. The fourth-order valence-corrected chi connectivity index (χ4v) is 1.53. The minimum Gasteiger partial charge on any atom is -0.398 e. The van der Waals surface area contributed by atoms with E-state index in [1.165, 1.54) is 6.07 Å². The summed E-state index contributed by atoms with van der Waals surface area (Å²) in [4.78, 5) is 22.3. The highest BCUT2D eigenvalue weighted by molar-refractivity contribution is 5.99. The molecule has 0 spiro atoms. The zero-order valence-corrected chi connectivity index (χ0v) is 10.6. The number of primary amides is 1. The Kier molecular flexibility index (Phi) is 5.11. The van der Waals surface area contributed by atoms with Gasteiger partial charge in [-0.25, -0.2) is 4.39 Å². The molecular weight excluding hydrogens is 251 g/mol. The van der Waals surface area contributed by atoms with Crippen molar-refractivity contribution in [1.82, 2.24) is 5.32 Å². The van der Waals surface area contributed by atoms with Crippen LogP contribution in [0.25, 0.3) is 0 Å². The van der Waals surface area contributed by atoms with E-state index < -0.39 is 11.7 Å². The van der Waals surface area contributed by atoms with E-state index in [1.807, 2.05) is 6.92 Å². The predicted octanol–water partition coefficient (Wildman–Crippen LogP) is 0.445. The lowest BCUT2D eigenvalue weighted by Gasteiger charge is -2.10. The first-order valence-corrected chi connectivity index (χ1v) is 5.85. The number of benzene rings is 1. The van der Waals surface area contributed by atoms with Crippen molar-refractivity contribution in [3.63, 3.8) is 0 Å². The fourth-order valence-electron chi connectivity index (χ4n) is 1.53. The normalized spacial score (nSPS) is 10.0. The lowest BCUT2D eigenvalue weighted by atomic mass is 10.1. The van der Waals surface area contributed by atoms with Gasteiger partial charge < -0.3 is 22.1 Å². The van der Waals surface area contributed by atoms with Crippen LogP contribution in [0.15, 0.2) is 12.1 Å². The van der Waals surface area contributed by atoms with Gasteiger partial charge in [0, 0.05) is 25.2 Å². The topological polar surface area (TPSA) is 110 Å². The van der Waals surface area contributed by atoms with Gasteiger partial charge in [-0.2, -0.15) is 0 Å². The van der Waals surface area contributed by atoms with Gasteiger partial charge in [0.1, 0.15) is 5.82 Å². The van der Waals surface area contributed by atoms with E-state index in [4.69, 9.17) is 11.5 Å². The summed E-state index contributed by atoms with van der Waals surface area (Å²) in [6, 6.07) is 2.26. The first-order chi connectivity index (χ1) is 8.95. The minimum absolute atomic E-state index is 0.0146. The number of hydrogen-bond donors (Lipinski definition) is 4. The summed E-state index contributed by atoms with van der Waals surface area (Å²) in [5.74, 6) is -1.47. The average Bonchev–Trinajstić information content (AvgIpc) is 2.31. The average molecular weight is 268 g/mol. The highest BCUT2D eigenvalue weighted by Crippen LogP contribution is 2.21. The van der Waals surface area contributed by atoms with Crippen LogP contribution >= 0.6 is 0 Å². The molecule has 0 aliphatic carbocycles. The molecule has 0 fully saturated rings. The van der Waals surface area contributed by atoms with E-state index in [0.29, 0.717) is 6.54 Å². The van der Waals surface area contributed by atoms with Crippen LogP contribution in [-0.4, -0.2) is 24.9 Å². The molecule has 2 amide bonds. The van der Waals surface area contributed by atoms with Crippen LogP contribution in [0.3, 0.4) is 0 Å². The molecule has 0 unspecified atom stereocenters. The Morgan fingerprint density at radius 1 is 1.37 bits per heavy atom. The number of nitrogens with one attached hydrogen (secondary N) is 2. The molecule has 0 saturated heterocycles. The number of nitrogens with two attached hydrogens (primary N) is 2. The number of carbonyl (C=O) groups excluding carboxylic acids is 2. The van der Waals surface area contributed by atoms with Crippen LogP contribution in [0.5, 0.6) is 0 Å². The van der Waals surface area contributed by atoms with Gasteiger partial charge in [0.2, 0.25) is 5.91 Å². The Bertz CT molecular complexity index is 491. The molecule has 1 rings (SSSR count). The van der Waals surface area contributed by atoms with Gasteiger partial charge in [-0.3, -0.25) is 9.59 Å². The lowest BCUT2D eigenvalue weighted by molar-refractivity contribution is -0.120. The molecular formula is C12H17FN4O2. The van der Waals surface area contributed by atoms with E-state index in [0.717, 1.165) is 6.07 Å². The maximum Gasteiger partial charge on any atom is 0.250 e. The second kappa shape index (κ2) is 6.58. The van der Waals surface area contributed by atoms with Gasteiger partial charge >= 0.3 is 0 Å². The highest BCUT2D eigenvalue weighted by Gasteiger charge is 2.11. The molecule has 0 atom stereocenters. The van der Waals surface area contributed by atoms with E-state index in [9.17, 15) is 14.0 Å². The van der Waals surface area contributed by atoms with Crippen LogP contribution in [0.4, 0.5) is 15.8 Å². The lowest BCUT2D eigenvalue weighted by Crippen LogP contribution is -2.25. The van der Waals surface area contributed by atoms with E-state index in [2.05, 4.69) is 10.6 Å². The van der Waals surface area contributed by atoms with Gasteiger partial charge in [-0.1, -0.05) is 0 Å². The molecule has 0 aliphatic rings. The maximum atomic E-state index is 13.6. The number of carbonyl (C=O) groups is 2. The molecule has 6 N–H and O–H groups in total. The van der Waals surface area contributed by atoms with E-state index in [1.54, 1.807) is 0 Å². The molecule has 0 radical (unpaired) electrons. The van der Waals surface area contributed by atoms with Gasteiger partial charge in [-0.15, -0.1) is 0 Å². The molecule has 19 heavy (non-hydrogen) atoms. The van der Waals surface area contributed by atoms with E-state index >= 15 is 0 Å². The number of amides is 2. The number of anilines is 2. The second-order valence-corrected chi connectivity index (χ2v) is 3.91. The number of hydrogen-bond acceptors (Lipinski definition) is 4. The van der Waals surface area contributed by atoms with Crippen molar-refractivity contribution in [2.24, 2.45) is 5.73 Å². The van der Waals surface area contributed by atoms with Crippen LogP contribution < -0.4 is 22.1 Å². The summed E-state index contributed by atoms with van der Waals surface area (Å²) >= 11 is 0. The molecule has 1 aromatic carbocycles. The van der Waals surface area contributed by atoms with Crippen LogP contribution in [0.1, 0.15) is 23.7 Å². The Morgan fingerprint density at radius 3 is 2.63 bits per heavy atom.